The van der Waals surface area contributed by atoms with Crippen molar-refractivity contribution in [3.63, 3.8) is 0 Å². The van der Waals surface area contributed by atoms with E-state index in [0.29, 0.717) is 58.6 Å². The van der Waals surface area contributed by atoms with Gasteiger partial charge in [0, 0.05) is 81.1 Å². The predicted molar refractivity (Wildman–Crippen MR) is 215 cm³/mol. The Morgan fingerprint density at radius 2 is 1.67 bits per heavy atom. The molecule has 2 bridgehead atoms. The highest BCUT2D eigenvalue weighted by molar-refractivity contribution is 6.31. The second-order valence-electron chi connectivity index (χ2n) is 16.8. The van der Waals surface area contributed by atoms with Crippen molar-refractivity contribution in [3.8, 4) is 11.8 Å². The van der Waals surface area contributed by atoms with Gasteiger partial charge in [0.05, 0.1) is 16.7 Å². The molecule has 2 aromatic carbocycles. The van der Waals surface area contributed by atoms with E-state index in [4.69, 9.17) is 21.6 Å². The molecule has 6 heterocycles. The number of hydrogen-bond acceptors (Lipinski definition) is 11. The quantitative estimate of drug-likeness (QED) is 0.294. The topological polar surface area (TPSA) is 164 Å². The third-order valence-electron chi connectivity index (χ3n) is 13.2. The maximum atomic E-state index is 13.2. The van der Waals surface area contributed by atoms with Crippen molar-refractivity contribution in [2.45, 2.75) is 101 Å². The number of carbonyl (C=O) groups is 4. The number of carbonyl (C=O) groups excluding carboxylic acids is 4. The number of amides is 4. The van der Waals surface area contributed by atoms with E-state index < -0.39 is 6.04 Å². The van der Waals surface area contributed by atoms with Crippen LogP contribution in [0.15, 0.2) is 48.5 Å². The summed E-state index contributed by atoms with van der Waals surface area (Å²) in [6.45, 7) is 5.22. The number of ether oxygens (including phenoxy) is 1. The molecule has 302 valence electrons. The number of imide groups is 1. The second-order valence-corrected chi connectivity index (χ2v) is 17.2. The fourth-order valence-electron chi connectivity index (χ4n) is 9.95. The van der Waals surface area contributed by atoms with Crippen molar-refractivity contribution >= 4 is 46.7 Å². The van der Waals surface area contributed by atoms with Gasteiger partial charge in [-0.25, -0.2) is 0 Å². The maximum Gasteiger partial charge on any atom is 0.272 e. The standard InChI is InChI=1S/C43H48ClN9O5/c44-36-20-34(7-1-27(36)21-45)58-33-8-2-29(3-9-33)46-41(55)37-11-13-39(49-48-37)50-17-15-26(16-18-50)22-52-31-4-5-32(52)25-51(24-31)30-6-10-35-28(19-30)23-53(43(35)57)38-12-14-40(54)47-42(38)56/h1,6-7,10-11,13,19-20,26,29,31-33,38H,2-5,8-9,12,14-18,22-25H2,(H,46,55)(H,47,54,56)/t29-,31?,32?,33-,38?. The minimum absolute atomic E-state index is 0.0286. The molecule has 14 nitrogen and oxygen atoms in total. The number of hydrogen-bond donors (Lipinski definition) is 2. The first kappa shape index (κ1) is 38.3. The summed E-state index contributed by atoms with van der Waals surface area (Å²) in [5.74, 6) is 1.06. The highest BCUT2D eigenvalue weighted by Gasteiger charge is 2.43. The number of benzene rings is 2. The average molecular weight is 806 g/mol. The molecule has 3 unspecified atom stereocenters. The van der Waals surface area contributed by atoms with Crippen LogP contribution >= 0.6 is 11.6 Å². The number of anilines is 2. The highest BCUT2D eigenvalue weighted by atomic mass is 35.5. The number of nitrogens with zero attached hydrogens (tertiary/aromatic N) is 7. The van der Waals surface area contributed by atoms with Crippen LogP contribution in [0.3, 0.4) is 0 Å². The van der Waals surface area contributed by atoms with Gasteiger partial charge in [0.15, 0.2) is 11.5 Å². The van der Waals surface area contributed by atoms with Gasteiger partial charge in [0.2, 0.25) is 11.8 Å². The summed E-state index contributed by atoms with van der Waals surface area (Å²) >= 11 is 6.16. The predicted octanol–water partition coefficient (Wildman–Crippen LogP) is 4.45. The molecule has 1 saturated carbocycles. The Labute approximate surface area is 342 Å². The summed E-state index contributed by atoms with van der Waals surface area (Å²) in [5.41, 5.74) is 3.48. The molecule has 9 rings (SSSR count). The Morgan fingerprint density at radius 3 is 2.36 bits per heavy atom. The first-order valence-corrected chi connectivity index (χ1v) is 21.1. The Morgan fingerprint density at radius 1 is 0.897 bits per heavy atom. The fourth-order valence-corrected chi connectivity index (χ4v) is 10.2. The molecular formula is C43H48ClN9O5. The number of rotatable bonds is 9. The number of nitrogens with one attached hydrogen (secondary N) is 2. The molecule has 6 aliphatic rings. The summed E-state index contributed by atoms with van der Waals surface area (Å²) in [6.07, 6.45) is 8.38. The van der Waals surface area contributed by atoms with Gasteiger partial charge in [0.1, 0.15) is 17.9 Å². The van der Waals surface area contributed by atoms with Crippen LogP contribution < -0.4 is 25.2 Å². The molecule has 1 aromatic heterocycles. The highest BCUT2D eigenvalue weighted by Crippen LogP contribution is 2.37. The molecule has 5 fully saturated rings. The third-order valence-corrected chi connectivity index (χ3v) is 13.5. The molecule has 58 heavy (non-hydrogen) atoms. The Hall–Kier alpha value is -5.26. The lowest BCUT2D eigenvalue weighted by atomic mass is 9.92. The lowest BCUT2D eigenvalue weighted by molar-refractivity contribution is -0.136. The van der Waals surface area contributed by atoms with Crippen LogP contribution in [0.25, 0.3) is 0 Å². The van der Waals surface area contributed by atoms with Crippen molar-refractivity contribution in [1.29, 1.82) is 5.26 Å². The first-order chi connectivity index (χ1) is 28.2. The molecule has 5 aliphatic heterocycles. The minimum atomic E-state index is -0.604. The van der Waals surface area contributed by atoms with Gasteiger partial charge in [-0.05, 0) is 112 Å². The van der Waals surface area contributed by atoms with Gasteiger partial charge in [0.25, 0.3) is 11.8 Å². The summed E-state index contributed by atoms with van der Waals surface area (Å²) in [6, 6.07) is 17.4. The summed E-state index contributed by atoms with van der Waals surface area (Å²) < 4.78 is 6.09. The van der Waals surface area contributed by atoms with Crippen molar-refractivity contribution < 1.29 is 23.9 Å². The zero-order valence-electron chi connectivity index (χ0n) is 32.4. The molecule has 0 spiro atoms. The molecular weight excluding hydrogens is 758 g/mol. The van der Waals surface area contributed by atoms with E-state index in [1.165, 1.54) is 12.8 Å². The number of fused-ring (bicyclic) bond motifs is 3. The van der Waals surface area contributed by atoms with E-state index in [-0.39, 0.29) is 42.2 Å². The van der Waals surface area contributed by atoms with E-state index in [2.05, 4.69) is 53.7 Å². The van der Waals surface area contributed by atoms with Gasteiger partial charge in [-0.2, -0.15) is 5.26 Å². The van der Waals surface area contributed by atoms with Crippen LogP contribution in [-0.2, 0) is 16.1 Å². The van der Waals surface area contributed by atoms with Crippen LogP contribution in [0.1, 0.15) is 96.2 Å². The van der Waals surface area contributed by atoms with Crippen LogP contribution in [-0.4, -0.2) is 107 Å². The average Bonchev–Trinajstić information content (AvgIpc) is 3.66. The monoisotopic (exact) mass is 805 g/mol. The second kappa shape index (κ2) is 16.2. The van der Waals surface area contributed by atoms with Crippen LogP contribution in [0.4, 0.5) is 11.5 Å². The number of aromatic nitrogens is 2. The normalized spacial score (nSPS) is 26.3. The van der Waals surface area contributed by atoms with Crippen molar-refractivity contribution in [2.24, 2.45) is 5.92 Å². The number of piperidine rings is 2. The molecule has 2 N–H and O–H groups in total. The fraction of sp³-hybridized carbons (Fsp3) is 0.512. The molecule has 1 aliphatic carbocycles. The number of halogens is 1. The lowest BCUT2D eigenvalue weighted by Crippen LogP contribution is -2.55. The first-order valence-electron chi connectivity index (χ1n) is 20.7. The lowest BCUT2D eigenvalue weighted by Gasteiger charge is -2.44. The molecule has 15 heteroatoms. The van der Waals surface area contributed by atoms with E-state index in [1.807, 2.05) is 12.1 Å². The van der Waals surface area contributed by atoms with E-state index in [9.17, 15) is 19.2 Å². The molecule has 4 saturated heterocycles. The smallest absolute Gasteiger partial charge is 0.272 e. The van der Waals surface area contributed by atoms with Gasteiger partial charge < -0.3 is 24.8 Å². The van der Waals surface area contributed by atoms with Crippen LogP contribution in [0.2, 0.25) is 5.02 Å². The Kier molecular flexibility index (Phi) is 10.7. The largest absolute Gasteiger partial charge is 0.490 e. The zero-order valence-corrected chi connectivity index (χ0v) is 33.2. The van der Waals surface area contributed by atoms with Gasteiger partial charge in [-0.15, -0.1) is 10.2 Å². The van der Waals surface area contributed by atoms with Gasteiger partial charge in [-0.3, -0.25) is 29.4 Å². The summed E-state index contributed by atoms with van der Waals surface area (Å²) in [5, 5.41) is 23.8. The van der Waals surface area contributed by atoms with E-state index in [1.54, 1.807) is 29.2 Å². The van der Waals surface area contributed by atoms with Crippen LogP contribution in [0, 0.1) is 17.2 Å². The van der Waals surface area contributed by atoms with E-state index in [0.717, 1.165) is 88.3 Å². The van der Waals surface area contributed by atoms with Crippen molar-refractivity contribution in [2.75, 3.05) is 42.5 Å². The molecule has 4 amide bonds. The van der Waals surface area contributed by atoms with Gasteiger partial charge >= 0.3 is 0 Å². The molecule has 3 aromatic rings. The Bertz CT molecular complexity index is 2110. The Balaban J connectivity index is 0.718. The summed E-state index contributed by atoms with van der Waals surface area (Å²) in [7, 11) is 0. The number of nitriles is 1. The molecule has 3 atom stereocenters. The summed E-state index contributed by atoms with van der Waals surface area (Å²) in [4.78, 5) is 59.6. The third kappa shape index (κ3) is 7.82. The van der Waals surface area contributed by atoms with Gasteiger partial charge in [-0.1, -0.05) is 11.6 Å². The maximum absolute atomic E-state index is 13.2. The van der Waals surface area contributed by atoms with Crippen molar-refractivity contribution in [3.05, 3.63) is 75.9 Å². The number of piperazine rings is 1. The van der Waals surface area contributed by atoms with E-state index >= 15 is 0 Å². The van der Waals surface area contributed by atoms with Crippen molar-refractivity contribution in [1.82, 2.24) is 30.6 Å². The van der Waals surface area contributed by atoms with Crippen LogP contribution in [0.5, 0.6) is 5.75 Å². The zero-order chi connectivity index (χ0) is 39.9. The minimum Gasteiger partial charge on any atom is -0.490 e. The SMILES string of the molecule is N#Cc1ccc(O[C@H]2CC[C@H](NC(=O)c3ccc(N4CCC(CN5C6CCC5CN(c5ccc7c(c5)CN(C5CCC(=O)NC5=O)C7=O)C6)CC4)nn3)CC2)cc1Cl. The molecule has 0 radical (unpaired) electrons.